The number of nitrogens with one attached hydrogen (secondary N) is 2. The molecule has 2 N–H and O–H groups in total. The molecule has 1 fully saturated rings. The highest BCUT2D eigenvalue weighted by atomic mass is 16.5. The molecule has 16 heavy (non-hydrogen) atoms. The van der Waals surface area contributed by atoms with Gasteiger partial charge in [-0.2, -0.15) is 0 Å². The third-order valence-electron chi connectivity index (χ3n) is 2.95. The molecule has 0 aromatic carbocycles. The number of amides is 1. The van der Waals surface area contributed by atoms with E-state index in [0.717, 1.165) is 19.4 Å². The van der Waals surface area contributed by atoms with Gasteiger partial charge < -0.3 is 15.4 Å². The van der Waals surface area contributed by atoms with Crippen molar-refractivity contribution >= 4 is 5.91 Å². The monoisotopic (exact) mass is 228 g/mol. The average molecular weight is 228 g/mol. The summed E-state index contributed by atoms with van der Waals surface area (Å²) in [6.07, 6.45) is 2.07. The Morgan fingerprint density at radius 1 is 1.44 bits per heavy atom. The van der Waals surface area contributed by atoms with Gasteiger partial charge in [0.05, 0.1) is 12.6 Å². The van der Waals surface area contributed by atoms with Crippen LogP contribution in [0.25, 0.3) is 0 Å². The molecule has 1 aliphatic heterocycles. The van der Waals surface area contributed by atoms with Crippen molar-refractivity contribution in [3.8, 4) is 0 Å². The molecule has 0 aromatic heterocycles. The topological polar surface area (TPSA) is 50.4 Å². The van der Waals surface area contributed by atoms with Gasteiger partial charge >= 0.3 is 0 Å². The van der Waals surface area contributed by atoms with Crippen LogP contribution in [0.2, 0.25) is 0 Å². The zero-order valence-corrected chi connectivity index (χ0v) is 10.8. The Balaban J connectivity index is 2.42. The second kappa shape index (κ2) is 5.64. The fraction of sp³-hybridized carbons (Fsp3) is 0.917. The lowest BCUT2D eigenvalue weighted by atomic mass is 9.83. The summed E-state index contributed by atoms with van der Waals surface area (Å²) in [6.45, 7) is 7.66. The Morgan fingerprint density at radius 2 is 2.12 bits per heavy atom. The highest BCUT2D eigenvalue weighted by Gasteiger charge is 2.32. The number of likely N-dealkylation sites (N-methyl/N-ethyl adjacent to an activating group) is 1. The Labute approximate surface area is 98.1 Å². The molecule has 0 radical (unpaired) electrons. The van der Waals surface area contributed by atoms with Gasteiger partial charge in [0.2, 0.25) is 5.91 Å². The van der Waals surface area contributed by atoms with E-state index in [1.807, 2.05) is 0 Å². The molecule has 4 nitrogen and oxygen atoms in total. The third-order valence-corrected chi connectivity index (χ3v) is 2.95. The maximum Gasteiger partial charge on any atom is 0.234 e. The van der Waals surface area contributed by atoms with Crippen molar-refractivity contribution in [2.24, 2.45) is 5.41 Å². The lowest BCUT2D eigenvalue weighted by Crippen LogP contribution is -2.47. The summed E-state index contributed by atoms with van der Waals surface area (Å²) < 4.78 is 5.75. The molecule has 94 valence electrons. The van der Waals surface area contributed by atoms with Crippen LogP contribution >= 0.6 is 0 Å². The molecular weight excluding hydrogens is 204 g/mol. The van der Waals surface area contributed by atoms with Gasteiger partial charge in [-0.25, -0.2) is 0 Å². The van der Waals surface area contributed by atoms with E-state index in [1.54, 1.807) is 7.05 Å². The summed E-state index contributed by atoms with van der Waals surface area (Å²) in [7, 11) is 1.78. The van der Waals surface area contributed by atoms with Crippen LogP contribution in [-0.4, -0.2) is 38.3 Å². The Bertz CT molecular complexity index is 236. The quantitative estimate of drug-likeness (QED) is 0.755. The Kier molecular flexibility index (Phi) is 4.74. The molecule has 1 rings (SSSR count). The first kappa shape index (κ1) is 13.5. The fourth-order valence-electron chi connectivity index (χ4n) is 1.97. The minimum absolute atomic E-state index is 0.0714. The van der Waals surface area contributed by atoms with Crippen LogP contribution in [0.15, 0.2) is 0 Å². The van der Waals surface area contributed by atoms with E-state index in [-0.39, 0.29) is 23.5 Å². The van der Waals surface area contributed by atoms with Crippen LogP contribution in [-0.2, 0) is 9.53 Å². The molecule has 1 saturated heterocycles. The number of hydrogen-bond acceptors (Lipinski definition) is 3. The fourth-order valence-corrected chi connectivity index (χ4v) is 1.97. The summed E-state index contributed by atoms with van der Waals surface area (Å²) in [5, 5.41) is 5.90. The number of carbonyl (C=O) groups is 1. The normalized spacial score (nSPS) is 26.5. The van der Waals surface area contributed by atoms with E-state index in [9.17, 15) is 4.79 Å². The zero-order chi connectivity index (χ0) is 12.2. The van der Waals surface area contributed by atoms with Crippen LogP contribution in [0.5, 0.6) is 0 Å². The van der Waals surface area contributed by atoms with Crippen molar-refractivity contribution in [3.63, 3.8) is 0 Å². The Morgan fingerprint density at radius 3 is 2.69 bits per heavy atom. The van der Waals surface area contributed by atoms with E-state index in [0.29, 0.717) is 6.54 Å². The lowest BCUT2D eigenvalue weighted by molar-refractivity contribution is -0.122. The second-order valence-electron chi connectivity index (χ2n) is 5.54. The van der Waals surface area contributed by atoms with E-state index in [2.05, 4.69) is 31.4 Å². The third kappa shape index (κ3) is 4.10. The molecule has 2 atom stereocenters. The molecule has 0 bridgehead atoms. The molecule has 2 unspecified atom stereocenters. The van der Waals surface area contributed by atoms with Crippen LogP contribution < -0.4 is 10.6 Å². The van der Waals surface area contributed by atoms with E-state index in [1.165, 1.54) is 0 Å². The van der Waals surface area contributed by atoms with Gasteiger partial charge in [-0.05, 0) is 25.3 Å². The summed E-state index contributed by atoms with van der Waals surface area (Å²) in [6, 6.07) is 0.263. The summed E-state index contributed by atoms with van der Waals surface area (Å²) in [5.74, 6) is 0.0714. The molecule has 0 aromatic rings. The maximum absolute atomic E-state index is 11.5. The first-order chi connectivity index (χ1) is 7.43. The molecule has 0 saturated carbocycles. The van der Waals surface area contributed by atoms with E-state index in [4.69, 9.17) is 4.74 Å². The predicted molar refractivity (Wildman–Crippen MR) is 64.3 cm³/mol. The molecule has 0 aliphatic carbocycles. The molecule has 1 heterocycles. The smallest absolute Gasteiger partial charge is 0.234 e. The van der Waals surface area contributed by atoms with Gasteiger partial charge in [0, 0.05) is 12.6 Å². The van der Waals surface area contributed by atoms with Crippen LogP contribution in [0, 0.1) is 5.41 Å². The zero-order valence-electron chi connectivity index (χ0n) is 10.8. The van der Waals surface area contributed by atoms with Gasteiger partial charge in [0.15, 0.2) is 0 Å². The van der Waals surface area contributed by atoms with Crippen molar-refractivity contribution < 1.29 is 9.53 Å². The molecule has 0 spiro atoms. The Hall–Kier alpha value is -0.610. The molecule has 1 amide bonds. The minimum atomic E-state index is 0.0714. The molecule has 1 aliphatic rings. The predicted octanol–water partition coefficient (Wildman–Crippen LogP) is 0.916. The van der Waals surface area contributed by atoms with Crippen molar-refractivity contribution in [2.45, 2.75) is 45.8 Å². The molecule has 4 heteroatoms. The highest BCUT2D eigenvalue weighted by molar-refractivity contribution is 5.78. The largest absolute Gasteiger partial charge is 0.378 e. The van der Waals surface area contributed by atoms with E-state index < -0.39 is 0 Å². The van der Waals surface area contributed by atoms with Gasteiger partial charge in [0.1, 0.15) is 0 Å². The van der Waals surface area contributed by atoms with Gasteiger partial charge in [-0.1, -0.05) is 20.8 Å². The first-order valence-corrected chi connectivity index (χ1v) is 5.99. The molecular formula is C12H24N2O2. The van der Waals surface area contributed by atoms with Gasteiger partial charge in [0.25, 0.3) is 0 Å². The number of hydrogen-bond donors (Lipinski definition) is 2. The number of ether oxygens (including phenoxy) is 1. The van der Waals surface area contributed by atoms with Gasteiger partial charge in [-0.3, -0.25) is 4.79 Å². The standard InChI is InChI=1S/C12H24N2O2/c1-12(2,3)10-7-9(5-6-16-10)14-11(15)8-13-4/h9-10,13H,5-8H2,1-4H3,(H,14,15). The van der Waals surface area contributed by atoms with Crippen LogP contribution in [0.4, 0.5) is 0 Å². The first-order valence-electron chi connectivity index (χ1n) is 5.99. The average Bonchev–Trinajstić information content (AvgIpc) is 2.17. The lowest BCUT2D eigenvalue weighted by Gasteiger charge is -2.37. The summed E-state index contributed by atoms with van der Waals surface area (Å²) in [5.41, 5.74) is 0.145. The van der Waals surface area contributed by atoms with Gasteiger partial charge in [-0.15, -0.1) is 0 Å². The van der Waals surface area contributed by atoms with Crippen molar-refractivity contribution in [3.05, 3.63) is 0 Å². The minimum Gasteiger partial charge on any atom is -0.378 e. The van der Waals surface area contributed by atoms with Crippen molar-refractivity contribution in [1.29, 1.82) is 0 Å². The van der Waals surface area contributed by atoms with E-state index >= 15 is 0 Å². The van der Waals surface area contributed by atoms with Crippen LogP contribution in [0.1, 0.15) is 33.6 Å². The highest BCUT2D eigenvalue weighted by Crippen LogP contribution is 2.29. The number of carbonyl (C=O) groups excluding carboxylic acids is 1. The summed E-state index contributed by atoms with van der Waals surface area (Å²) >= 11 is 0. The summed E-state index contributed by atoms with van der Waals surface area (Å²) in [4.78, 5) is 11.5. The van der Waals surface area contributed by atoms with Crippen LogP contribution in [0.3, 0.4) is 0 Å². The SMILES string of the molecule is CNCC(=O)NC1CCOC(C(C)(C)C)C1. The van der Waals surface area contributed by atoms with Crippen molar-refractivity contribution in [1.82, 2.24) is 10.6 Å². The second-order valence-corrected chi connectivity index (χ2v) is 5.54. The maximum atomic E-state index is 11.5. The van der Waals surface area contributed by atoms with Crippen molar-refractivity contribution in [2.75, 3.05) is 20.2 Å². The number of rotatable bonds is 3.